The topological polar surface area (TPSA) is 87.1 Å². The van der Waals surface area contributed by atoms with Gasteiger partial charge in [0, 0.05) is 39.4 Å². The van der Waals surface area contributed by atoms with Crippen LogP contribution >= 0.6 is 22.9 Å². The van der Waals surface area contributed by atoms with Crippen molar-refractivity contribution in [2.75, 3.05) is 13.1 Å². The van der Waals surface area contributed by atoms with E-state index in [1.54, 1.807) is 28.4 Å². The van der Waals surface area contributed by atoms with Crippen LogP contribution in [0.4, 0.5) is 9.18 Å². The van der Waals surface area contributed by atoms with Gasteiger partial charge in [0.05, 0.1) is 18.2 Å². The maximum atomic E-state index is 15.0. The van der Waals surface area contributed by atoms with E-state index in [-0.39, 0.29) is 35.3 Å². The maximum absolute atomic E-state index is 15.0. The van der Waals surface area contributed by atoms with Crippen LogP contribution in [0.15, 0.2) is 108 Å². The number of aliphatic hydroxyl groups is 2. The molecule has 3 aliphatic carbocycles. The lowest BCUT2D eigenvalue weighted by Gasteiger charge is -2.46. The predicted molar refractivity (Wildman–Crippen MR) is 222 cm³/mol. The molecule has 0 spiro atoms. The maximum Gasteiger partial charge on any atom is 0.415 e. The van der Waals surface area contributed by atoms with Gasteiger partial charge in [-0.05, 0) is 128 Å². The average molecular weight is 794 g/mol. The Morgan fingerprint density at radius 2 is 1.80 bits per heavy atom. The molecule has 0 radical (unpaired) electrons. The van der Waals surface area contributed by atoms with Crippen LogP contribution < -0.4 is 4.74 Å². The van der Waals surface area contributed by atoms with E-state index < -0.39 is 29.0 Å². The van der Waals surface area contributed by atoms with Crippen LogP contribution in [0.1, 0.15) is 90.2 Å². The van der Waals surface area contributed by atoms with Gasteiger partial charge in [0.25, 0.3) is 0 Å². The summed E-state index contributed by atoms with van der Waals surface area (Å²) in [6, 6.07) is 27.7. The third-order valence-corrected chi connectivity index (χ3v) is 13.5. The molecule has 5 aromatic rings. The lowest BCUT2D eigenvalue weighted by atomic mass is 9.64. The van der Waals surface area contributed by atoms with E-state index in [9.17, 15) is 19.8 Å². The molecule has 1 heterocycles. The summed E-state index contributed by atoms with van der Waals surface area (Å²) >= 11 is 8.03. The van der Waals surface area contributed by atoms with Gasteiger partial charge < -0.3 is 19.8 Å². The van der Waals surface area contributed by atoms with Crippen molar-refractivity contribution in [3.8, 4) is 5.75 Å². The van der Waals surface area contributed by atoms with Gasteiger partial charge in [-0.15, -0.1) is 11.3 Å². The fraction of sp³-hybridized carbons (Fsp3) is 0.362. The fourth-order valence-corrected chi connectivity index (χ4v) is 9.77. The summed E-state index contributed by atoms with van der Waals surface area (Å²) in [7, 11) is 0. The molecule has 292 valence electrons. The first kappa shape index (κ1) is 39.9. The van der Waals surface area contributed by atoms with Crippen molar-refractivity contribution in [3.63, 3.8) is 0 Å². The van der Waals surface area contributed by atoms with Gasteiger partial charge in [-0.2, -0.15) is 0 Å². The number of thiophene rings is 1. The Morgan fingerprint density at radius 3 is 2.59 bits per heavy atom. The van der Waals surface area contributed by atoms with Crippen molar-refractivity contribution in [2.24, 2.45) is 5.41 Å². The first-order valence-electron chi connectivity index (χ1n) is 19.6. The molecule has 1 saturated carbocycles. The highest BCUT2D eigenvalue weighted by atomic mass is 35.5. The number of allylic oxidation sites excluding steroid dienone is 2. The summed E-state index contributed by atoms with van der Waals surface area (Å²) in [6.45, 7) is 4.55. The molecule has 1 amide bonds. The van der Waals surface area contributed by atoms with Crippen LogP contribution in [0, 0.1) is 11.2 Å². The van der Waals surface area contributed by atoms with E-state index >= 15 is 4.39 Å². The number of halogens is 2. The first-order valence-corrected chi connectivity index (χ1v) is 20.8. The van der Waals surface area contributed by atoms with E-state index in [0.717, 1.165) is 33.2 Å². The third kappa shape index (κ3) is 8.64. The number of Topliss-reactive ketones (excluding diaryl/α,β-unsaturated/α-hetero) is 1. The smallest absolute Gasteiger partial charge is 0.410 e. The highest BCUT2D eigenvalue weighted by Crippen LogP contribution is 2.59. The molecule has 1 fully saturated rings. The molecule has 6 nitrogen and oxygen atoms in total. The lowest BCUT2D eigenvalue weighted by Crippen LogP contribution is -2.54. The van der Waals surface area contributed by atoms with Crippen molar-refractivity contribution in [3.05, 3.63) is 146 Å². The van der Waals surface area contributed by atoms with Gasteiger partial charge >= 0.3 is 6.09 Å². The summed E-state index contributed by atoms with van der Waals surface area (Å²) in [4.78, 5) is 31.3. The minimum Gasteiger partial charge on any atom is -0.410 e. The Balaban J connectivity index is 1.25. The number of ketones is 1. The van der Waals surface area contributed by atoms with Crippen LogP contribution in [0.25, 0.3) is 10.8 Å². The van der Waals surface area contributed by atoms with E-state index in [0.29, 0.717) is 62.8 Å². The second kappa shape index (κ2) is 17.0. The number of amides is 1. The number of hydrogen-bond acceptors (Lipinski definition) is 6. The monoisotopic (exact) mass is 793 g/mol. The SMILES string of the molecule is CC1=CCC[C@@]2(C)[C@@H](CC[C@@]2(O)CN(CCc2cccs2)C(=O)Oc2ccc3ccccc3c2)c2ccc(cc2C(=O)Cc2c(F)cccc2Cl)C[C@@H](O)CC1. The van der Waals surface area contributed by atoms with Gasteiger partial charge in [0.2, 0.25) is 0 Å². The van der Waals surface area contributed by atoms with Crippen molar-refractivity contribution in [1.29, 1.82) is 0 Å². The number of rotatable bonds is 9. The highest BCUT2D eigenvalue weighted by Gasteiger charge is 2.57. The largest absolute Gasteiger partial charge is 0.415 e. The van der Waals surface area contributed by atoms with Gasteiger partial charge in [-0.3, -0.25) is 4.79 Å². The summed E-state index contributed by atoms with van der Waals surface area (Å²) in [6.07, 6.45) is 5.32. The van der Waals surface area contributed by atoms with Crippen LogP contribution in [0.2, 0.25) is 5.02 Å². The van der Waals surface area contributed by atoms with Crippen molar-refractivity contribution >= 4 is 45.6 Å². The number of carbonyl (C=O) groups is 2. The Morgan fingerprint density at radius 1 is 0.982 bits per heavy atom. The van der Waals surface area contributed by atoms with E-state index in [4.69, 9.17) is 16.3 Å². The summed E-state index contributed by atoms with van der Waals surface area (Å²) in [5.74, 6) is -0.657. The van der Waals surface area contributed by atoms with E-state index in [1.807, 2.05) is 72.1 Å². The second-order valence-electron chi connectivity index (χ2n) is 15.9. The lowest BCUT2D eigenvalue weighted by molar-refractivity contribution is -0.0789. The predicted octanol–water partition coefficient (Wildman–Crippen LogP) is 10.9. The summed E-state index contributed by atoms with van der Waals surface area (Å²) in [5.41, 5.74) is 1.22. The van der Waals surface area contributed by atoms with Crippen LogP contribution in [-0.4, -0.2) is 51.8 Å². The molecule has 0 aliphatic heterocycles. The Labute approximate surface area is 337 Å². The third-order valence-electron chi connectivity index (χ3n) is 12.2. The zero-order chi connectivity index (χ0) is 39.5. The van der Waals surface area contributed by atoms with Crippen LogP contribution in [-0.2, 0) is 19.3 Å². The van der Waals surface area contributed by atoms with E-state index in [2.05, 4.69) is 19.9 Å². The zero-order valence-electron chi connectivity index (χ0n) is 32.0. The van der Waals surface area contributed by atoms with Gasteiger partial charge in [-0.1, -0.05) is 84.8 Å². The molecule has 2 N–H and O–H groups in total. The second-order valence-corrected chi connectivity index (χ2v) is 17.3. The number of carbonyl (C=O) groups excluding carboxylic acids is 2. The minimum absolute atomic E-state index is 0.0406. The summed E-state index contributed by atoms with van der Waals surface area (Å²) < 4.78 is 21.1. The number of fused-ring (bicyclic) bond motifs is 9. The van der Waals surface area contributed by atoms with Crippen LogP contribution in [0.3, 0.4) is 0 Å². The highest BCUT2D eigenvalue weighted by molar-refractivity contribution is 7.09. The molecule has 0 unspecified atom stereocenters. The number of aliphatic hydroxyl groups excluding tert-OH is 1. The van der Waals surface area contributed by atoms with E-state index in [1.165, 1.54) is 17.7 Å². The number of benzene rings is 4. The minimum atomic E-state index is -1.35. The van der Waals surface area contributed by atoms with Gasteiger partial charge in [0.1, 0.15) is 11.6 Å². The first-order chi connectivity index (χ1) is 26.9. The van der Waals surface area contributed by atoms with Crippen molar-refractivity contribution in [1.82, 2.24) is 4.90 Å². The molecule has 3 aliphatic rings. The molecule has 1 aromatic heterocycles. The molecule has 2 bridgehead atoms. The standard InChI is InChI=1S/C47H49ClFNO5S/c1-31-8-6-22-46(2)41(38-19-15-32(26-35(51)17-14-31)27-39(38)44(52)29-40-42(48)12-5-13-43(40)49)20-23-47(46,54)30-50(24-21-37-11-7-25-56-37)45(53)55-36-18-16-33-9-3-4-10-34(33)28-36/h3-5,7-13,15-16,18-19,25,27-28,35,41,51,54H,6,14,17,20-24,26,29-30H2,1-2H3/t35-,41-,46-,47+/m0/s1. The number of nitrogens with zero attached hydrogens (tertiary/aromatic N) is 1. The molecule has 9 heteroatoms. The normalized spacial score (nSPS) is 22.6. The molecule has 0 saturated heterocycles. The Bertz CT molecular complexity index is 2220. The molecule has 4 atom stereocenters. The Kier molecular flexibility index (Phi) is 12.1. The Hall–Kier alpha value is -4.34. The molecular weight excluding hydrogens is 745 g/mol. The zero-order valence-corrected chi connectivity index (χ0v) is 33.6. The van der Waals surface area contributed by atoms with Crippen LogP contribution in [0.5, 0.6) is 5.75 Å². The molecule has 8 rings (SSSR count). The number of ether oxygens (including phenoxy) is 1. The number of hydrogen-bond donors (Lipinski definition) is 2. The molecule has 56 heavy (non-hydrogen) atoms. The molecular formula is C47H49ClFNO5S. The van der Waals surface area contributed by atoms with Crippen molar-refractivity contribution in [2.45, 2.75) is 89.3 Å². The quantitative estimate of drug-likeness (QED) is 0.115. The van der Waals surface area contributed by atoms with Gasteiger partial charge in [-0.25, -0.2) is 9.18 Å². The van der Waals surface area contributed by atoms with Crippen molar-refractivity contribution < 1.29 is 28.9 Å². The average Bonchev–Trinajstić information content (AvgIpc) is 3.79. The summed E-state index contributed by atoms with van der Waals surface area (Å²) in [5, 5.41) is 28.3. The molecule has 4 aromatic carbocycles. The fourth-order valence-electron chi connectivity index (χ4n) is 8.85. The van der Waals surface area contributed by atoms with Gasteiger partial charge in [0.15, 0.2) is 5.78 Å².